The highest BCUT2D eigenvalue weighted by atomic mass is 16.5. The van der Waals surface area contributed by atoms with Gasteiger partial charge in [-0.2, -0.15) is 0 Å². The van der Waals surface area contributed by atoms with E-state index >= 15 is 0 Å². The van der Waals surface area contributed by atoms with E-state index in [1.54, 1.807) is 6.42 Å². The van der Waals surface area contributed by atoms with E-state index in [-0.39, 0.29) is 47.8 Å². The zero-order chi connectivity index (χ0) is 43.8. The molecule has 329 valence electrons. The number of carbonyl (C=O) groups excluding carboxylic acids is 3. The van der Waals surface area contributed by atoms with Gasteiger partial charge in [0.2, 0.25) is 11.8 Å². The number of nitrogens with zero attached hydrogens (tertiary/aromatic N) is 5. The van der Waals surface area contributed by atoms with Crippen molar-refractivity contribution in [2.75, 3.05) is 25.1 Å². The highest BCUT2D eigenvalue weighted by molar-refractivity contribution is 5.87. The molecule has 4 aliphatic rings. The first kappa shape index (κ1) is 42.4. The molecule has 1 saturated carbocycles. The third-order valence-electron chi connectivity index (χ3n) is 13.6. The molecule has 3 amide bonds. The number of methoxy groups -OCH3 is 1. The summed E-state index contributed by atoms with van der Waals surface area (Å²) in [6.07, 6.45) is 13.3. The fourth-order valence-corrected chi connectivity index (χ4v) is 10.1. The molecular formula is C51H61N8O4. The molecule has 5 heterocycles. The molecule has 3 N–H and O–H groups in total. The molecule has 0 spiro atoms. The van der Waals surface area contributed by atoms with Crippen LogP contribution in [0.25, 0.3) is 22.5 Å². The largest absolute Gasteiger partial charge is 0.453 e. The number of likely N-dealkylation sites (tertiary alicyclic amines) is 2. The van der Waals surface area contributed by atoms with Crippen molar-refractivity contribution < 1.29 is 19.1 Å². The summed E-state index contributed by atoms with van der Waals surface area (Å²) in [6, 6.07) is 26.5. The lowest BCUT2D eigenvalue weighted by atomic mass is 10.0. The summed E-state index contributed by atoms with van der Waals surface area (Å²) in [5.74, 6) is 2.39. The topological polar surface area (TPSA) is 140 Å². The van der Waals surface area contributed by atoms with Crippen LogP contribution in [0.1, 0.15) is 137 Å². The third-order valence-corrected chi connectivity index (χ3v) is 13.6. The van der Waals surface area contributed by atoms with Gasteiger partial charge in [0.1, 0.15) is 17.7 Å². The van der Waals surface area contributed by atoms with E-state index in [0.717, 1.165) is 79.2 Å². The predicted molar refractivity (Wildman–Crippen MR) is 244 cm³/mol. The maximum Gasteiger partial charge on any atom is 0.407 e. The molecule has 4 fully saturated rings. The first-order chi connectivity index (χ1) is 30.6. The fourth-order valence-electron chi connectivity index (χ4n) is 10.1. The van der Waals surface area contributed by atoms with Crippen molar-refractivity contribution in [2.24, 2.45) is 11.8 Å². The molecule has 0 bridgehead atoms. The van der Waals surface area contributed by atoms with Gasteiger partial charge < -0.3 is 34.7 Å². The lowest BCUT2D eigenvalue weighted by Crippen LogP contribution is -2.51. The quantitative estimate of drug-likeness (QED) is 0.107. The Hall–Kier alpha value is -5.91. The van der Waals surface area contributed by atoms with Gasteiger partial charge in [-0.1, -0.05) is 88.4 Å². The average Bonchev–Trinajstić information content (AvgIpc) is 3.90. The Balaban J connectivity index is 0.923. The van der Waals surface area contributed by atoms with Gasteiger partial charge in [-0.3, -0.25) is 9.59 Å². The molecule has 3 aromatic carbocycles. The SMILES string of the molecule is COC(=O)N[C@H](C(=O)N1CCC[C@H]1c1nc(-c2ccc([C@@H]3CC[C@@H](c4ccc(-c5c[nH]c([C@@H]6CCCN6C(=O)[CH]C(C)C)n5)cc4)N3c3ccc(C4CC4)cc3)cc2)c[nH]1)C(C)C. The van der Waals surface area contributed by atoms with E-state index in [4.69, 9.17) is 14.7 Å². The summed E-state index contributed by atoms with van der Waals surface area (Å²) in [6.45, 7) is 9.30. The van der Waals surface area contributed by atoms with Crippen LogP contribution in [-0.2, 0) is 14.3 Å². The maximum atomic E-state index is 13.7. The van der Waals surface area contributed by atoms with E-state index in [0.29, 0.717) is 12.5 Å². The van der Waals surface area contributed by atoms with Gasteiger partial charge in [-0.15, -0.1) is 0 Å². The predicted octanol–water partition coefficient (Wildman–Crippen LogP) is 9.99. The second-order valence-electron chi connectivity index (χ2n) is 18.6. The van der Waals surface area contributed by atoms with E-state index < -0.39 is 12.1 Å². The van der Waals surface area contributed by atoms with E-state index in [9.17, 15) is 14.4 Å². The fraction of sp³-hybridized carbons (Fsp3) is 0.451. The Labute approximate surface area is 371 Å². The Kier molecular flexibility index (Phi) is 12.2. The Morgan fingerprint density at radius 2 is 1.17 bits per heavy atom. The Morgan fingerprint density at radius 1 is 0.667 bits per heavy atom. The first-order valence-corrected chi connectivity index (χ1v) is 23.1. The van der Waals surface area contributed by atoms with Gasteiger partial charge in [0, 0.05) is 42.3 Å². The van der Waals surface area contributed by atoms with Crippen LogP contribution in [0.3, 0.4) is 0 Å². The molecular weight excluding hydrogens is 789 g/mol. The average molecular weight is 850 g/mol. The van der Waals surface area contributed by atoms with Crippen molar-refractivity contribution in [3.05, 3.63) is 120 Å². The van der Waals surface area contributed by atoms with Crippen molar-refractivity contribution in [1.29, 1.82) is 0 Å². The number of nitrogens with one attached hydrogen (secondary N) is 3. The lowest BCUT2D eigenvalue weighted by molar-refractivity contribution is -0.135. The van der Waals surface area contributed by atoms with Crippen LogP contribution in [0.4, 0.5) is 10.5 Å². The number of aromatic nitrogens is 4. The van der Waals surface area contributed by atoms with Crippen LogP contribution >= 0.6 is 0 Å². The smallest absolute Gasteiger partial charge is 0.407 e. The maximum absolute atomic E-state index is 13.7. The van der Waals surface area contributed by atoms with Crippen molar-refractivity contribution in [3.8, 4) is 22.5 Å². The summed E-state index contributed by atoms with van der Waals surface area (Å²) in [5.41, 5.74) is 9.01. The monoisotopic (exact) mass is 849 g/mol. The second-order valence-corrected chi connectivity index (χ2v) is 18.6. The number of imidazole rings is 2. The number of alkyl carbamates (subject to hydrolysis) is 1. The number of amides is 3. The van der Waals surface area contributed by atoms with Gasteiger partial charge >= 0.3 is 6.09 Å². The minimum atomic E-state index is -0.679. The highest BCUT2D eigenvalue weighted by Gasteiger charge is 2.39. The van der Waals surface area contributed by atoms with Gasteiger partial charge in [-0.25, -0.2) is 14.8 Å². The number of hydrogen-bond donors (Lipinski definition) is 3. The van der Waals surface area contributed by atoms with Crippen molar-refractivity contribution in [1.82, 2.24) is 35.1 Å². The minimum absolute atomic E-state index is 0.0244. The van der Waals surface area contributed by atoms with Gasteiger partial charge in [0.25, 0.3) is 0 Å². The molecule has 1 radical (unpaired) electrons. The number of carbonyl (C=O) groups is 3. The molecule has 2 aromatic heterocycles. The van der Waals surface area contributed by atoms with Crippen molar-refractivity contribution in [2.45, 2.75) is 115 Å². The van der Waals surface area contributed by atoms with E-state index in [1.165, 1.54) is 42.3 Å². The number of rotatable bonds is 13. The number of benzene rings is 3. The van der Waals surface area contributed by atoms with E-state index in [1.807, 2.05) is 49.9 Å². The standard InChI is InChI=1S/C51H61N8O4/c1-31(2)28-46(60)57-26-6-8-44(57)48-52-29-40(54-48)35-12-16-37(17-13-35)42-24-25-43(59(42)39-22-20-34(21-23-39)33-10-11-33)38-18-14-36(15-19-38)41-30-53-49(55-41)45-9-7-27-58(45)50(61)47(32(3)4)56-51(62)63-5/h12-23,28-33,42-45,47H,6-11,24-27H2,1-5H3,(H,52,54)(H,53,55)(H,56,62)/t42-,43-,44-,45-,47-/m0/s1. The molecule has 1 aliphatic carbocycles. The number of ether oxygens (including phenoxy) is 1. The second kappa shape index (κ2) is 18.1. The van der Waals surface area contributed by atoms with Crippen molar-refractivity contribution in [3.63, 3.8) is 0 Å². The summed E-state index contributed by atoms with van der Waals surface area (Å²) in [4.78, 5) is 62.0. The molecule has 9 rings (SSSR count). The van der Waals surface area contributed by atoms with Crippen LogP contribution < -0.4 is 10.2 Å². The number of anilines is 1. The van der Waals surface area contributed by atoms with Crippen molar-refractivity contribution >= 4 is 23.6 Å². The minimum Gasteiger partial charge on any atom is -0.453 e. The molecule has 5 atom stereocenters. The molecule has 3 saturated heterocycles. The molecule has 0 unspecified atom stereocenters. The Bertz CT molecular complexity index is 2380. The summed E-state index contributed by atoms with van der Waals surface area (Å²) in [7, 11) is 1.31. The lowest BCUT2D eigenvalue weighted by Gasteiger charge is -2.33. The summed E-state index contributed by atoms with van der Waals surface area (Å²) < 4.78 is 4.81. The highest BCUT2D eigenvalue weighted by Crippen LogP contribution is 2.48. The Morgan fingerprint density at radius 3 is 1.67 bits per heavy atom. The zero-order valence-corrected chi connectivity index (χ0v) is 37.2. The van der Waals surface area contributed by atoms with Crippen LogP contribution in [0.5, 0.6) is 0 Å². The van der Waals surface area contributed by atoms with Gasteiger partial charge in [0.05, 0.1) is 49.1 Å². The molecule has 12 heteroatoms. The number of H-pyrrole nitrogens is 2. The molecule has 5 aromatic rings. The molecule has 3 aliphatic heterocycles. The number of hydrogen-bond acceptors (Lipinski definition) is 7. The van der Waals surface area contributed by atoms with Crippen LogP contribution in [-0.4, -0.2) is 73.9 Å². The van der Waals surface area contributed by atoms with E-state index in [2.05, 4.69) is 93.0 Å². The third kappa shape index (κ3) is 8.86. The normalized spacial score (nSPS) is 21.7. The first-order valence-electron chi connectivity index (χ1n) is 23.1. The van der Waals surface area contributed by atoms with Crippen LogP contribution in [0.2, 0.25) is 0 Å². The molecule has 63 heavy (non-hydrogen) atoms. The van der Waals surface area contributed by atoms with Crippen LogP contribution in [0.15, 0.2) is 85.2 Å². The number of aromatic amines is 2. The summed E-state index contributed by atoms with van der Waals surface area (Å²) in [5, 5.41) is 2.73. The van der Waals surface area contributed by atoms with Gasteiger partial charge in [0.15, 0.2) is 0 Å². The van der Waals surface area contributed by atoms with Crippen LogP contribution in [0, 0.1) is 18.3 Å². The van der Waals surface area contributed by atoms with Gasteiger partial charge in [-0.05, 0) is 97.9 Å². The zero-order valence-electron chi connectivity index (χ0n) is 37.2. The summed E-state index contributed by atoms with van der Waals surface area (Å²) >= 11 is 0. The molecule has 12 nitrogen and oxygen atoms in total.